The van der Waals surface area contributed by atoms with Crippen LogP contribution in [0.5, 0.6) is 0 Å². The van der Waals surface area contributed by atoms with E-state index in [-0.39, 0.29) is 43.2 Å². The molecule has 4 heterocycles. The van der Waals surface area contributed by atoms with Crippen LogP contribution in [0, 0.1) is 5.92 Å². The second-order valence-electron chi connectivity index (χ2n) is 7.88. The van der Waals surface area contributed by atoms with Crippen LogP contribution in [0.15, 0.2) is 30.3 Å². The van der Waals surface area contributed by atoms with E-state index in [4.69, 9.17) is 28.4 Å². The third kappa shape index (κ3) is 3.38. The maximum absolute atomic E-state index is 10.5. The van der Waals surface area contributed by atoms with Gasteiger partial charge < -0.3 is 38.6 Å². The highest BCUT2D eigenvalue weighted by Gasteiger charge is 2.63. The Hall–Kier alpha value is -1.10. The minimum absolute atomic E-state index is 0.0839. The van der Waals surface area contributed by atoms with Gasteiger partial charge in [-0.2, -0.15) is 0 Å². The van der Waals surface area contributed by atoms with Gasteiger partial charge in [-0.3, -0.25) is 0 Å². The lowest BCUT2D eigenvalue weighted by atomic mass is 9.90. The summed E-state index contributed by atoms with van der Waals surface area (Å²) in [6.45, 7) is 2.41. The van der Waals surface area contributed by atoms with Gasteiger partial charge in [-0.25, -0.2) is 0 Å². The molecule has 4 saturated heterocycles. The smallest absolute Gasteiger partial charge is 0.187 e. The lowest BCUT2D eigenvalue weighted by Gasteiger charge is -2.44. The van der Waals surface area contributed by atoms with E-state index in [1.54, 1.807) is 0 Å². The second-order valence-corrected chi connectivity index (χ2v) is 7.88. The zero-order valence-electron chi connectivity index (χ0n) is 15.6. The van der Waals surface area contributed by atoms with Crippen LogP contribution in [-0.2, 0) is 35.0 Å². The van der Waals surface area contributed by atoms with Crippen molar-refractivity contribution in [1.29, 1.82) is 0 Å². The van der Waals surface area contributed by atoms with Crippen molar-refractivity contribution in [2.24, 2.45) is 5.92 Å². The van der Waals surface area contributed by atoms with Gasteiger partial charge >= 0.3 is 0 Å². The van der Waals surface area contributed by atoms with Crippen LogP contribution in [0.1, 0.15) is 12.5 Å². The van der Waals surface area contributed by atoms with Crippen LogP contribution in [0.25, 0.3) is 0 Å². The monoisotopic (exact) mass is 394 g/mol. The van der Waals surface area contributed by atoms with Crippen LogP contribution in [0.2, 0.25) is 0 Å². The van der Waals surface area contributed by atoms with Crippen molar-refractivity contribution in [2.75, 3.05) is 13.2 Å². The number of epoxide rings is 1. The molecule has 10 atom stereocenters. The van der Waals surface area contributed by atoms with Crippen LogP contribution in [0.3, 0.4) is 0 Å². The number of aliphatic hydroxyl groups excluding tert-OH is 2. The highest BCUT2D eigenvalue weighted by Crippen LogP contribution is 2.44. The molecule has 5 rings (SSSR count). The standard InChI is InChI=1S/C20H26O8/c1-10-14(22)12(7-21)25-20(15(10)23-8-11-5-3-2-4-6-11)28-16-13-9-24-19(26-13)18-17(16)27-18/h2-6,10,12-22H,7-9H2,1H3/t10-,12?,13?,14-,15?,16+,17-,18?,19+,20-/m0/s1. The normalized spacial score (nSPS) is 47.0. The van der Waals surface area contributed by atoms with Gasteiger partial charge in [-0.15, -0.1) is 0 Å². The van der Waals surface area contributed by atoms with E-state index in [2.05, 4.69) is 0 Å². The molecule has 4 aliphatic heterocycles. The Bertz CT molecular complexity index is 671. The number of aliphatic hydroxyl groups is 2. The molecule has 0 amide bonds. The van der Waals surface area contributed by atoms with Gasteiger partial charge in [0.1, 0.15) is 36.6 Å². The van der Waals surface area contributed by atoms with Crippen molar-refractivity contribution >= 4 is 0 Å². The summed E-state index contributed by atoms with van der Waals surface area (Å²) in [5.74, 6) is -0.285. The molecule has 28 heavy (non-hydrogen) atoms. The predicted molar refractivity (Wildman–Crippen MR) is 94.1 cm³/mol. The minimum Gasteiger partial charge on any atom is -0.394 e. The molecule has 0 aliphatic carbocycles. The highest BCUT2D eigenvalue weighted by molar-refractivity contribution is 5.13. The van der Waals surface area contributed by atoms with Gasteiger partial charge in [0, 0.05) is 5.92 Å². The Morgan fingerprint density at radius 1 is 1.07 bits per heavy atom. The summed E-state index contributed by atoms with van der Waals surface area (Å²) in [4.78, 5) is 0. The molecule has 8 heteroatoms. The molecule has 0 aromatic heterocycles. The minimum atomic E-state index is -0.850. The predicted octanol–water partition coefficient (Wildman–Crippen LogP) is 0.194. The molecular weight excluding hydrogens is 368 g/mol. The summed E-state index contributed by atoms with van der Waals surface area (Å²) in [6.07, 6.45) is -3.89. The maximum atomic E-state index is 10.5. The Balaban J connectivity index is 1.31. The topological polar surface area (TPSA) is 99.1 Å². The fourth-order valence-electron chi connectivity index (χ4n) is 4.30. The van der Waals surface area contributed by atoms with Crippen molar-refractivity contribution in [3.05, 3.63) is 35.9 Å². The molecule has 0 spiro atoms. The Kier molecular flexibility index (Phi) is 5.14. The van der Waals surface area contributed by atoms with Crippen molar-refractivity contribution < 1.29 is 38.6 Å². The second kappa shape index (κ2) is 7.62. The van der Waals surface area contributed by atoms with Gasteiger partial charge in [0.05, 0.1) is 25.9 Å². The van der Waals surface area contributed by atoms with E-state index >= 15 is 0 Å². The lowest BCUT2D eigenvalue weighted by Crippen LogP contribution is -2.58. The molecule has 4 aliphatic rings. The first-order chi connectivity index (χ1) is 13.7. The van der Waals surface area contributed by atoms with E-state index in [1.807, 2.05) is 37.3 Å². The Morgan fingerprint density at radius 3 is 2.68 bits per heavy atom. The van der Waals surface area contributed by atoms with Crippen molar-refractivity contribution in [3.63, 3.8) is 0 Å². The summed E-state index contributed by atoms with van der Waals surface area (Å²) in [5, 5.41) is 20.1. The van der Waals surface area contributed by atoms with Gasteiger partial charge in [-0.1, -0.05) is 37.3 Å². The maximum Gasteiger partial charge on any atom is 0.187 e. The number of ether oxygens (including phenoxy) is 6. The molecule has 2 bridgehead atoms. The quantitative estimate of drug-likeness (QED) is 0.660. The lowest BCUT2D eigenvalue weighted by molar-refractivity contribution is -0.318. The van der Waals surface area contributed by atoms with Crippen LogP contribution < -0.4 is 0 Å². The highest BCUT2D eigenvalue weighted by atomic mass is 16.8. The molecule has 0 radical (unpaired) electrons. The van der Waals surface area contributed by atoms with Crippen molar-refractivity contribution in [1.82, 2.24) is 0 Å². The van der Waals surface area contributed by atoms with E-state index in [0.717, 1.165) is 5.56 Å². The average Bonchev–Trinajstić information content (AvgIpc) is 3.41. The largest absolute Gasteiger partial charge is 0.394 e. The SMILES string of the molecule is C[C@@H]1C(OCc2ccccc2)[C@H](O[C@@H]2C3CO[C@H](O3)C3O[C@H]32)OC(CO)[C@H]1O. The Labute approximate surface area is 163 Å². The number of hydrogen-bond donors (Lipinski definition) is 2. The molecule has 4 fully saturated rings. The van der Waals surface area contributed by atoms with Crippen molar-refractivity contribution in [3.8, 4) is 0 Å². The van der Waals surface area contributed by atoms with E-state index in [0.29, 0.717) is 13.2 Å². The summed E-state index contributed by atoms with van der Waals surface area (Å²) < 4.78 is 35.3. The first-order valence-corrected chi connectivity index (χ1v) is 9.83. The van der Waals surface area contributed by atoms with Gasteiger partial charge in [0.25, 0.3) is 0 Å². The van der Waals surface area contributed by atoms with Gasteiger partial charge in [-0.05, 0) is 5.56 Å². The molecule has 1 aromatic carbocycles. The first kappa shape index (κ1) is 18.9. The molecule has 4 unspecified atom stereocenters. The van der Waals surface area contributed by atoms with Crippen LogP contribution in [-0.4, -0.2) is 78.7 Å². The number of rotatable bonds is 6. The fraction of sp³-hybridized carbons (Fsp3) is 0.700. The average molecular weight is 394 g/mol. The van der Waals surface area contributed by atoms with Gasteiger partial charge in [0.15, 0.2) is 12.6 Å². The van der Waals surface area contributed by atoms with Crippen LogP contribution in [0.4, 0.5) is 0 Å². The summed E-state index contributed by atoms with van der Waals surface area (Å²) in [6, 6.07) is 9.80. The number of fused-ring (bicyclic) bond motifs is 4. The zero-order chi connectivity index (χ0) is 19.3. The summed E-state index contributed by atoms with van der Waals surface area (Å²) >= 11 is 0. The molecule has 1 aromatic rings. The third-order valence-corrected chi connectivity index (χ3v) is 6.03. The number of hydrogen-bond acceptors (Lipinski definition) is 8. The molecule has 2 N–H and O–H groups in total. The summed E-state index contributed by atoms with van der Waals surface area (Å²) in [7, 11) is 0. The Morgan fingerprint density at radius 2 is 1.89 bits per heavy atom. The van der Waals surface area contributed by atoms with Gasteiger partial charge in [0.2, 0.25) is 0 Å². The first-order valence-electron chi connectivity index (χ1n) is 9.83. The van der Waals surface area contributed by atoms with E-state index < -0.39 is 24.6 Å². The molecule has 0 saturated carbocycles. The molecular formula is C20H26O8. The summed E-state index contributed by atoms with van der Waals surface area (Å²) in [5.41, 5.74) is 1.02. The molecule has 154 valence electrons. The fourth-order valence-corrected chi connectivity index (χ4v) is 4.30. The van der Waals surface area contributed by atoms with E-state index in [1.165, 1.54) is 0 Å². The van der Waals surface area contributed by atoms with Crippen LogP contribution >= 0.6 is 0 Å². The molecule has 8 nitrogen and oxygen atoms in total. The van der Waals surface area contributed by atoms with E-state index in [9.17, 15) is 10.2 Å². The third-order valence-electron chi connectivity index (χ3n) is 6.03. The number of benzene rings is 1. The zero-order valence-corrected chi connectivity index (χ0v) is 15.6. The van der Waals surface area contributed by atoms with Crippen molar-refractivity contribution in [2.45, 2.75) is 68.8 Å².